The number of carbonyl (C=O) groups is 2. The fraction of sp³-hybridized carbons (Fsp3) is 0.125. The monoisotopic (exact) mass is 348 g/mol. The van der Waals surface area contributed by atoms with Gasteiger partial charge in [-0.1, -0.05) is 29.8 Å². The van der Waals surface area contributed by atoms with E-state index in [4.69, 9.17) is 11.6 Å². The summed E-state index contributed by atoms with van der Waals surface area (Å²) in [4.78, 5) is 24.8. The van der Waals surface area contributed by atoms with Gasteiger partial charge >= 0.3 is 0 Å². The van der Waals surface area contributed by atoms with E-state index in [1.165, 1.54) is 0 Å². The van der Waals surface area contributed by atoms with Crippen LogP contribution in [0.2, 0.25) is 5.02 Å². The maximum atomic E-state index is 12.5. The molecular weight excluding hydrogens is 336 g/mol. The Balaban J connectivity index is 1.74. The largest absolute Gasteiger partial charge is 0.326 e. The molecule has 1 aliphatic rings. The van der Waals surface area contributed by atoms with Gasteiger partial charge in [0, 0.05) is 10.7 Å². The van der Waals surface area contributed by atoms with Crippen LogP contribution < -0.4 is 10.6 Å². The Hall–Kier alpha value is -2.18. The highest BCUT2D eigenvalue weighted by Gasteiger charge is 2.34. The van der Waals surface area contributed by atoms with Crippen molar-refractivity contribution in [2.75, 3.05) is 10.6 Å². The zero-order chi connectivity index (χ0) is 16.4. The summed E-state index contributed by atoms with van der Waals surface area (Å²) in [5, 5.41) is 4.93. The molecule has 1 aliphatic heterocycles. The highest BCUT2D eigenvalue weighted by atomic mass is 35.5. The van der Waals surface area contributed by atoms with Crippen molar-refractivity contribution in [3.63, 3.8) is 0 Å². The molecule has 0 radical (unpaired) electrons. The molecule has 2 amide bonds. The van der Waals surface area contributed by atoms with Gasteiger partial charge in [0.15, 0.2) is 0 Å². The molecule has 0 aliphatic carbocycles. The second-order valence-electron chi connectivity index (χ2n) is 5.03. The number of hydrogen-bond donors (Lipinski definition) is 2. The zero-order valence-corrected chi connectivity index (χ0v) is 13.5. The number of fused-ring (bicyclic) bond motifs is 1. The van der Waals surface area contributed by atoms with E-state index in [-0.39, 0.29) is 12.3 Å². The molecule has 0 saturated heterocycles. The normalized spacial score (nSPS) is 19.6. The number of hydrogen-bond acceptors (Lipinski definition) is 3. The van der Waals surface area contributed by atoms with E-state index in [2.05, 4.69) is 10.6 Å². The van der Waals surface area contributed by atoms with Crippen LogP contribution in [0.15, 0.2) is 53.4 Å². The van der Waals surface area contributed by atoms with Crippen molar-refractivity contribution in [2.24, 2.45) is 0 Å². The van der Waals surface area contributed by atoms with Gasteiger partial charge in [-0.25, -0.2) is 0 Å². The van der Waals surface area contributed by atoms with Gasteiger partial charge in [-0.05, 0) is 30.3 Å². The van der Waals surface area contributed by atoms with Crippen LogP contribution in [-0.4, -0.2) is 21.3 Å². The van der Waals surface area contributed by atoms with Crippen molar-refractivity contribution in [3.05, 3.63) is 53.6 Å². The Bertz CT molecular complexity index is 809. The minimum absolute atomic E-state index is 0.167. The summed E-state index contributed by atoms with van der Waals surface area (Å²) < 4.78 is 12.5. The van der Waals surface area contributed by atoms with Gasteiger partial charge in [0.1, 0.15) is 5.25 Å². The van der Waals surface area contributed by atoms with Crippen molar-refractivity contribution in [2.45, 2.75) is 16.6 Å². The van der Waals surface area contributed by atoms with Gasteiger partial charge in [0.05, 0.1) is 27.8 Å². The molecule has 0 spiro atoms. The molecule has 7 heteroatoms. The molecule has 2 N–H and O–H groups in total. The van der Waals surface area contributed by atoms with Crippen molar-refractivity contribution >= 4 is 45.6 Å². The number of amides is 2. The molecule has 0 unspecified atom stereocenters. The summed E-state index contributed by atoms with van der Waals surface area (Å²) in [5.41, 5.74) is 1.06. The Morgan fingerprint density at radius 2 is 2.00 bits per heavy atom. The van der Waals surface area contributed by atoms with E-state index in [0.717, 1.165) is 0 Å². The van der Waals surface area contributed by atoms with Crippen LogP contribution in [0.1, 0.15) is 6.42 Å². The number of anilines is 2. The van der Waals surface area contributed by atoms with Gasteiger partial charge in [-0.15, -0.1) is 0 Å². The summed E-state index contributed by atoms with van der Waals surface area (Å²) in [6, 6.07) is 13.6. The molecule has 0 bridgehead atoms. The molecule has 3 rings (SSSR count). The van der Waals surface area contributed by atoms with E-state index in [0.29, 0.717) is 21.3 Å². The van der Waals surface area contributed by atoms with Crippen LogP contribution in [0.5, 0.6) is 0 Å². The molecule has 23 heavy (non-hydrogen) atoms. The average molecular weight is 349 g/mol. The highest BCUT2D eigenvalue weighted by molar-refractivity contribution is 7.86. The molecule has 2 aromatic rings. The minimum Gasteiger partial charge on any atom is -0.326 e. The van der Waals surface area contributed by atoms with Crippen LogP contribution in [-0.2, 0) is 20.4 Å². The summed E-state index contributed by atoms with van der Waals surface area (Å²) in [6.45, 7) is 0. The van der Waals surface area contributed by atoms with E-state index in [9.17, 15) is 13.8 Å². The summed E-state index contributed by atoms with van der Waals surface area (Å²) in [6.07, 6.45) is -0.167. The first-order valence-corrected chi connectivity index (χ1v) is 8.49. The number of benzene rings is 2. The van der Waals surface area contributed by atoms with E-state index >= 15 is 0 Å². The van der Waals surface area contributed by atoms with Crippen LogP contribution in [0, 0.1) is 0 Å². The fourth-order valence-electron chi connectivity index (χ4n) is 2.32. The van der Waals surface area contributed by atoms with Gasteiger partial charge < -0.3 is 10.6 Å². The summed E-state index contributed by atoms with van der Waals surface area (Å²) in [5.74, 6) is -0.802. The van der Waals surface area contributed by atoms with E-state index < -0.39 is 22.0 Å². The van der Waals surface area contributed by atoms with Crippen molar-refractivity contribution in [3.8, 4) is 0 Å². The lowest BCUT2D eigenvalue weighted by molar-refractivity contribution is -0.120. The third-order valence-electron chi connectivity index (χ3n) is 3.39. The first kappa shape index (κ1) is 15.7. The Morgan fingerprint density at radius 1 is 1.22 bits per heavy atom. The quantitative estimate of drug-likeness (QED) is 0.895. The third kappa shape index (κ3) is 3.43. The Morgan fingerprint density at radius 3 is 2.78 bits per heavy atom. The van der Waals surface area contributed by atoms with E-state index in [1.807, 2.05) is 0 Å². The molecule has 0 saturated carbocycles. The van der Waals surface area contributed by atoms with Gasteiger partial charge in [0.25, 0.3) is 0 Å². The van der Waals surface area contributed by atoms with Gasteiger partial charge in [-0.3, -0.25) is 13.8 Å². The molecule has 5 nitrogen and oxygen atoms in total. The maximum absolute atomic E-state index is 12.5. The number of halogens is 1. The lowest BCUT2D eigenvalue weighted by atomic mass is 10.2. The van der Waals surface area contributed by atoms with Crippen LogP contribution in [0.25, 0.3) is 0 Å². The second kappa shape index (κ2) is 6.52. The maximum Gasteiger partial charge on any atom is 0.241 e. The predicted molar refractivity (Wildman–Crippen MR) is 90.0 cm³/mol. The van der Waals surface area contributed by atoms with Crippen molar-refractivity contribution in [1.29, 1.82) is 0 Å². The molecule has 2 aromatic carbocycles. The first-order valence-electron chi connectivity index (χ1n) is 6.90. The standard InChI is InChI=1S/C16H13ClN2O3S/c17-10-4-3-5-11(8-10)18-15(20)9-14-16(21)19-12-6-1-2-7-13(12)23(14)22/h1-8,14H,9H2,(H,18,20)(H,19,21)/t14-,23+/m0/s1. The minimum atomic E-state index is -1.56. The van der Waals surface area contributed by atoms with Crippen LogP contribution >= 0.6 is 11.6 Å². The smallest absolute Gasteiger partial charge is 0.241 e. The fourth-order valence-corrected chi connectivity index (χ4v) is 3.93. The Kier molecular flexibility index (Phi) is 4.45. The lowest BCUT2D eigenvalue weighted by Crippen LogP contribution is -2.39. The number of para-hydroxylation sites is 1. The second-order valence-corrected chi connectivity index (χ2v) is 7.07. The third-order valence-corrected chi connectivity index (χ3v) is 5.31. The average Bonchev–Trinajstić information content (AvgIpc) is 2.51. The zero-order valence-electron chi connectivity index (χ0n) is 11.9. The molecule has 118 valence electrons. The SMILES string of the molecule is O=C(C[C@H]1C(=O)Nc2ccccc2[S@]1=O)Nc1cccc(Cl)c1. The van der Waals surface area contributed by atoms with Gasteiger partial charge in [-0.2, -0.15) is 0 Å². The molecule has 1 heterocycles. The summed E-state index contributed by atoms with van der Waals surface area (Å²) in [7, 11) is -1.56. The highest BCUT2D eigenvalue weighted by Crippen LogP contribution is 2.28. The molecule has 0 fully saturated rings. The number of rotatable bonds is 3. The molecule has 2 atom stereocenters. The van der Waals surface area contributed by atoms with Crippen LogP contribution in [0.3, 0.4) is 0 Å². The Labute approximate surface area is 140 Å². The first-order chi connectivity index (χ1) is 11.0. The van der Waals surface area contributed by atoms with Crippen LogP contribution in [0.4, 0.5) is 11.4 Å². The van der Waals surface area contributed by atoms with Crippen molar-refractivity contribution in [1.82, 2.24) is 0 Å². The van der Waals surface area contributed by atoms with Gasteiger partial charge in [0.2, 0.25) is 11.8 Å². The topological polar surface area (TPSA) is 75.3 Å². The lowest BCUT2D eigenvalue weighted by Gasteiger charge is -2.23. The van der Waals surface area contributed by atoms with Crippen molar-refractivity contribution < 1.29 is 13.8 Å². The summed E-state index contributed by atoms with van der Waals surface area (Å²) >= 11 is 5.86. The van der Waals surface area contributed by atoms with E-state index in [1.54, 1.807) is 48.5 Å². The predicted octanol–water partition coefficient (Wildman–Crippen LogP) is 2.80. The number of nitrogens with one attached hydrogen (secondary N) is 2. The molecular formula is C16H13ClN2O3S. The molecule has 0 aromatic heterocycles. The number of carbonyl (C=O) groups excluding carboxylic acids is 2.